The number of non-ortho nitro benzene ring substituents is 2. The number of fused-ring (bicyclic) bond motifs is 10. The van der Waals surface area contributed by atoms with Crippen LogP contribution in [0.2, 0.25) is 0 Å². The van der Waals surface area contributed by atoms with E-state index in [0.717, 1.165) is 112 Å². The number of aromatic nitrogens is 6. The van der Waals surface area contributed by atoms with Crippen molar-refractivity contribution in [2.24, 2.45) is 5.73 Å². The van der Waals surface area contributed by atoms with E-state index in [9.17, 15) is 25.0 Å². The summed E-state index contributed by atoms with van der Waals surface area (Å²) in [5.74, 6) is 2.79. The highest BCUT2D eigenvalue weighted by Gasteiger charge is 2.42. The molecule has 18 nitrogen and oxygen atoms in total. The molecule has 0 saturated heterocycles. The maximum absolute atomic E-state index is 12.8. The SMILES string of the molecule is CC(C)(C)OC(=O)NC1(c2ccc(-c3c(-c4cccc([N+](=O)[O-])c4)nc4n3-c3cccnc3Nc3ccccc3-4)cc2)CCC1.Cl.NC1(c2ccc(-c3c(-c4cccc([N+](=O)[O-])c4)nc4n3-c3cccnc3Nc3ccccc3-4)cc2)CCC1. The van der Waals surface area contributed by atoms with Crippen LogP contribution in [0.3, 0.4) is 0 Å². The average molecular weight is 1140 g/mol. The minimum atomic E-state index is -0.597. The van der Waals surface area contributed by atoms with Gasteiger partial charge in [0, 0.05) is 75.6 Å². The molecule has 2 aliphatic carbocycles. The number of carbonyl (C=O) groups is 1. The Morgan fingerprint density at radius 2 is 1.04 bits per heavy atom. The molecule has 0 spiro atoms. The number of rotatable bonds is 9. The number of para-hydroxylation sites is 2. The Morgan fingerprint density at radius 1 is 0.583 bits per heavy atom. The van der Waals surface area contributed by atoms with Gasteiger partial charge in [-0.3, -0.25) is 29.4 Å². The second kappa shape index (κ2) is 21.4. The number of nitro benzene ring substituents is 2. The van der Waals surface area contributed by atoms with Crippen molar-refractivity contribution in [3.8, 4) is 79.2 Å². The monoisotopic (exact) mass is 1140 g/mol. The number of nitrogens with one attached hydrogen (secondary N) is 3. The lowest BCUT2D eigenvalue weighted by Crippen LogP contribution is -2.52. The molecule has 10 aromatic rings. The molecule has 2 fully saturated rings. The average Bonchev–Trinajstić information content (AvgIpc) is 4.17. The molecule has 0 atom stereocenters. The van der Waals surface area contributed by atoms with E-state index in [0.29, 0.717) is 40.0 Å². The number of amides is 1. The van der Waals surface area contributed by atoms with E-state index in [-0.39, 0.29) is 34.2 Å². The largest absolute Gasteiger partial charge is 0.444 e. The van der Waals surface area contributed by atoms with Crippen molar-refractivity contribution in [2.45, 2.75) is 76.0 Å². The third-order valence-electron chi connectivity index (χ3n) is 15.9. The molecule has 0 unspecified atom stereocenters. The highest BCUT2D eigenvalue weighted by Crippen LogP contribution is 2.49. The van der Waals surface area contributed by atoms with Crippen molar-refractivity contribution in [3.63, 3.8) is 0 Å². The molecule has 1 amide bonds. The van der Waals surface area contributed by atoms with Crippen LogP contribution in [0.25, 0.3) is 79.2 Å². The Kier molecular flexibility index (Phi) is 13.9. The van der Waals surface area contributed by atoms with E-state index in [4.69, 9.17) is 20.4 Å². The van der Waals surface area contributed by atoms with E-state index in [2.05, 4.69) is 59.3 Å². The third kappa shape index (κ3) is 9.83. The number of nitro groups is 2. The maximum Gasteiger partial charge on any atom is 0.408 e. The van der Waals surface area contributed by atoms with Crippen LogP contribution < -0.4 is 21.7 Å². The Morgan fingerprint density at radius 3 is 1.45 bits per heavy atom. The first kappa shape index (κ1) is 54.5. The lowest BCUT2D eigenvalue weighted by atomic mass is 9.71. The van der Waals surface area contributed by atoms with Gasteiger partial charge in [0.1, 0.15) is 17.2 Å². The van der Waals surface area contributed by atoms with Crippen molar-refractivity contribution in [3.05, 3.63) is 214 Å². The first-order valence-electron chi connectivity index (χ1n) is 27.5. The van der Waals surface area contributed by atoms with Crippen LogP contribution in [0, 0.1) is 20.2 Å². The van der Waals surface area contributed by atoms with Crippen molar-refractivity contribution in [1.82, 2.24) is 34.4 Å². The lowest BCUT2D eigenvalue weighted by Gasteiger charge is -2.43. The number of benzene rings is 6. The normalized spacial score (nSPS) is 14.4. The number of hydrogen-bond donors (Lipinski definition) is 4. The Bertz CT molecular complexity index is 4220. The van der Waals surface area contributed by atoms with E-state index in [1.54, 1.807) is 36.7 Å². The number of anilines is 4. The highest BCUT2D eigenvalue weighted by molar-refractivity contribution is 5.93. The van der Waals surface area contributed by atoms with Crippen molar-refractivity contribution < 1.29 is 19.4 Å². The molecule has 6 aromatic carbocycles. The summed E-state index contributed by atoms with van der Waals surface area (Å²) in [7, 11) is 0. The zero-order valence-corrected chi connectivity index (χ0v) is 46.9. The van der Waals surface area contributed by atoms with Crippen LogP contribution in [-0.2, 0) is 15.8 Å². The number of nitrogens with two attached hydrogens (primary N) is 1. The van der Waals surface area contributed by atoms with Crippen molar-refractivity contribution >= 4 is 52.9 Å². The fourth-order valence-electron chi connectivity index (χ4n) is 11.6. The molecule has 6 heterocycles. The van der Waals surface area contributed by atoms with Crippen LogP contribution in [0.5, 0.6) is 0 Å². The van der Waals surface area contributed by atoms with Crippen molar-refractivity contribution in [1.29, 1.82) is 0 Å². The van der Waals surface area contributed by atoms with Crippen LogP contribution in [-0.4, -0.2) is 50.6 Å². The van der Waals surface area contributed by atoms with Gasteiger partial charge in [-0.25, -0.2) is 24.7 Å². The second-order valence-corrected chi connectivity index (χ2v) is 22.4. The van der Waals surface area contributed by atoms with Gasteiger partial charge in [-0.05, 0) is 119 Å². The van der Waals surface area contributed by atoms with E-state index >= 15 is 0 Å². The summed E-state index contributed by atoms with van der Waals surface area (Å²) in [5.41, 5.74) is 18.5. The quantitative estimate of drug-likeness (QED) is 0.0778. The minimum Gasteiger partial charge on any atom is -0.444 e. The molecule has 84 heavy (non-hydrogen) atoms. The molecule has 2 saturated carbocycles. The Labute approximate surface area is 489 Å². The molecular weight excluding hydrogens is 1080 g/mol. The van der Waals surface area contributed by atoms with Crippen molar-refractivity contribution in [2.75, 3.05) is 10.6 Å². The summed E-state index contributed by atoms with van der Waals surface area (Å²) in [5, 5.41) is 33.4. The van der Waals surface area contributed by atoms with Gasteiger partial charge in [0.2, 0.25) is 0 Å². The summed E-state index contributed by atoms with van der Waals surface area (Å²) in [6, 6.07) is 53.3. The summed E-state index contributed by atoms with van der Waals surface area (Å²) >= 11 is 0. The fourth-order valence-corrected chi connectivity index (χ4v) is 11.6. The van der Waals surface area contributed by atoms with Gasteiger partial charge in [-0.1, -0.05) is 97.1 Å². The van der Waals surface area contributed by atoms with Crippen LogP contribution >= 0.6 is 12.4 Å². The van der Waals surface area contributed by atoms with Crippen LogP contribution in [0.15, 0.2) is 182 Å². The van der Waals surface area contributed by atoms with E-state index < -0.39 is 22.2 Å². The van der Waals surface area contributed by atoms with Gasteiger partial charge in [0.25, 0.3) is 11.4 Å². The number of halogens is 1. The number of hydrogen-bond acceptors (Lipinski definition) is 13. The van der Waals surface area contributed by atoms with Gasteiger partial charge in [0.15, 0.2) is 11.6 Å². The highest BCUT2D eigenvalue weighted by atomic mass is 35.5. The summed E-state index contributed by atoms with van der Waals surface area (Å²) in [6.07, 6.45) is 8.79. The molecule has 4 aromatic heterocycles. The Balaban J connectivity index is 0.000000165. The van der Waals surface area contributed by atoms with E-state index in [1.165, 1.54) is 12.1 Å². The number of pyridine rings is 2. The predicted octanol–water partition coefficient (Wildman–Crippen LogP) is 15.1. The smallest absolute Gasteiger partial charge is 0.408 e. The van der Waals surface area contributed by atoms with Gasteiger partial charge in [-0.15, -0.1) is 12.4 Å². The fraction of sp³-hybridized carbons (Fsp3) is 0.185. The van der Waals surface area contributed by atoms with Crippen LogP contribution in [0.1, 0.15) is 70.4 Å². The molecule has 0 bridgehead atoms. The zero-order valence-electron chi connectivity index (χ0n) is 46.1. The molecule has 420 valence electrons. The first-order valence-corrected chi connectivity index (χ1v) is 27.5. The van der Waals surface area contributed by atoms with Gasteiger partial charge < -0.3 is 26.4 Å². The predicted molar refractivity (Wildman–Crippen MR) is 327 cm³/mol. The molecule has 14 rings (SSSR count). The van der Waals surface area contributed by atoms with Gasteiger partial charge >= 0.3 is 6.09 Å². The molecular formula is C65H57ClN12O6. The number of imidazole rings is 2. The minimum absolute atomic E-state index is 0. The Hall–Kier alpha value is -10.0. The summed E-state index contributed by atoms with van der Waals surface area (Å²) in [4.78, 5) is 55.0. The second-order valence-electron chi connectivity index (χ2n) is 22.4. The molecule has 19 heteroatoms. The summed E-state index contributed by atoms with van der Waals surface area (Å²) < 4.78 is 9.75. The standard InChI is InChI=1S/C35H32N6O4.C30H24N6O2.ClH/c1-34(2,3)45-33(42)39-35(18-8-19-35)24-16-14-22(15-17-24)30-29(23-9-6-10-25(21-23)41(43)44)38-32-26-11-4-5-12-27(26)37-31-28(40(30)32)13-7-20-36-31;31-30(15-5-16-30)21-13-11-19(12-14-21)27-26(20-6-3-7-22(18-20)36(37)38)34-29-23-8-1-2-9-24(23)33-28-25(35(27)29)10-4-17-32-28;/h4-7,9-17,20-21H,8,18-19H2,1-3H3,(H,36,37)(H,39,42);1-4,6-14,17-18H,5,15-16,31H2,(H,32,33);1H. The molecule has 4 aliphatic rings. The van der Waals surface area contributed by atoms with Crippen LogP contribution in [0.4, 0.5) is 39.2 Å². The number of alkyl carbamates (subject to hydrolysis) is 1. The summed E-state index contributed by atoms with van der Waals surface area (Å²) in [6.45, 7) is 5.55. The zero-order chi connectivity index (χ0) is 57.2. The number of nitrogens with zero attached hydrogens (tertiary/aromatic N) is 8. The van der Waals surface area contributed by atoms with Gasteiger partial charge in [0.05, 0.1) is 60.9 Å². The van der Waals surface area contributed by atoms with E-state index in [1.807, 2.05) is 130 Å². The lowest BCUT2D eigenvalue weighted by molar-refractivity contribution is -0.385. The maximum atomic E-state index is 12.8. The number of ether oxygens (including phenoxy) is 1. The topological polar surface area (TPSA) is 236 Å². The van der Waals surface area contributed by atoms with Gasteiger partial charge in [-0.2, -0.15) is 0 Å². The molecule has 2 aliphatic heterocycles. The number of carbonyl (C=O) groups excluding carboxylic acids is 1. The molecule has 5 N–H and O–H groups in total. The first-order chi connectivity index (χ1) is 40.1. The molecule has 0 radical (unpaired) electrons. The third-order valence-corrected chi connectivity index (χ3v) is 15.9.